The number of aliphatic carboxylic acids is 1. The summed E-state index contributed by atoms with van der Waals surface area (Å²) in [7, 11) is 0. The van der Waals surface area contributed by atoms with Crippen LogP contribution in [0.1, 0.15) is 18.1 Å². The summed E-state index contributed by atoms with van der Waals surface area (Å²) in [6.07, 6.45) is 3.50. The first-order valence-electron chi connectivity index (χ1n) is 5.64. The van der Waals surface area contributed by atoms with Gasteiger partial charge in [0.05, 0.1) is 6.54 Å². The van der Waals surface area contributed by atoms with Crippen molar-refractivity contribution in [2.45, 2.75) is 19.5 Å². The molecule has 5 heteroatoms. The Hall–Kier alpha value is -2.30. The molecule has 0 bridgehead atoms. The van der Waals surface area contributed by atoms with Gasteiger partial charge < -0.3 is 10.4 Å². The molecule has 2 rings (SSSR count). The van der Waals surface area contributed by atoms with E-state index in [1.165, 1.54) is 11.8 Å². The van der Waals surface area contributed by atoms with E-state index in [0.717, 1.165) is 11.1 Å². The zero-order chi connectivity index (χ0) is 13.1. The van der Waals surface area contributed by atoms with Crippen LogP contribution in [0.3, 0.4) is 0 Å². The Balaban J connectivity index is 2.05. The molecule has 0 saturated carbocycles. The van der Waals surface area contributed by atoms with Crippen molar-refractivity contribution in [1.29, 1.82) is 0 Å². The molecule has 1 heterocycles. The number of carboxylic acid groups (broad SMARTS) is 1. The van der Waals surface area contributed by atoms with Crippen LogP contribution in [0.2, 0.25) is 0 Å². The minimum absolute atomic E-state index is 0.407. The van der Waals surface area contributed by atoms with Crippen molar-refractivity contribution in [3.8, 4) is 0 Å². The number of carboxylic acids is 1. The average Bonchev–Trinajstić information content (AvgIpc) is 2.37. The Morgan fingerprint density at radius 3 is 2.83 bits per heavy atom. The minimum Gasteiger partial charge on any atom is -0.480 e. The van der Waals surface area contributed by atoms with E-state index in [9.17, 15) is 9.59 Å². The van der Waals surface area contributed by atoms with Gasteiger partial charge in [-0.05, 0) is 24.1 Å². The molecule has 2 amide bonds. The highest BCUT2D eigenvalue weighted by Gasteiger charge is 2.20. The van der Waals surface area contributed by atoms with Crippen LogP contribution in [-0.2, 0) is 11.3 Å². The monoisotopic (exact) mass is 246 g/mol. The summed E-state index contributed by atoms with van der Waals surface area (Å²) in [6.45, 7) is 1.88. The third kappa shape index (κ3) is 2.51. The van der Waals surface area contributed by atoms with Crippen LogP contribution < -0.4 is 5.32 Å². The molecular weight excluding hydrogens is 232 g/mol. The van der Waals surface area contributed by atoms with Gasteiger partial charge in [-0.3, -0.25) is 9.69 Å². The molecule has 1 aliphatic heterocycles. The molecule has 2 N–H and O–H groups in total. The minimum atomic E-state index is -1.05. The standard InChI is InChI=1S/C13H14N2O3/c1-9(12(16)17)14-13(18)15-7-6-10-4-2-3-5-11(10)8-15/h2-7,9H,8H2,1H3,(H,14,18)(H,16,17)/t9-/m0/s1. The fourth-order valence-corrected chi connectivity index (χ4v) is 1.72. The van der Waals surface area contributed by atoms with E-state index >= 15 is 0 Å². The van der Waals surface area contributed by atoms with E-state index in [4.69, 9.17) is 5.11 Å². The second-order valence-electron chi connectivity index (χ2n) is 4.15. The summed E-state index contributed by atoms with van der Waals surface area (Å²) in [6, 6.07) is 6.46. The predicted octanol–water partition coefficient (Wildman–Crippen LogP) is 1.66. The normalized spacial score (nSPS) is 14.8. The average molecular weight is 246 g/mol. The lowest BCUT2D eigenvalue weighted by Crippen LogP contribution is -2.44. The zero-order valence-electron chi connectivity index (χ0n) is 9.96. The molecule has 0 radical (unpaired) electrons. The molecular formula is C13H14N2O3. The maximum Gasteiger partial charge on any atom is 0.325 e. The number of hydrogen-bond donors (Lipinski definition) is 2. The number of carbonyl (C=O) groups is 2. The number of urea groups is 1. The van der Waals surface area contributed by atoms with Crippen molar-refractivity contribution in [1.82, 2.24) is 10.2 Å². The molecule has 0 fully saturated rings. The smallest absolute Gasteiger partial charge is 0.325 e. The summed E-state index contributed by atoms with van der Waals surface area (Å²) in [5, 5.41) is 11.2. The van der Waals surface area contributed by atoms with E-state index < -0.39 is 18.0 Å². The van der Waals surface area contributed by atoms with Crippen LogP contribution in [0.25, 0.3) is 6.08 Å². The summed E-state index contributed by atoms with van der Waals surface area (Å²) >= 11 is 0. The van der Waals surface area contributed by atoms with Gasteiger partial charge in [0.1, 0.15) is 6.04 Å². The number of carbonyl (C=O) groups excluding carboxylic acids is 1. The number of nitrogens with one attached hydrogen (secondary N) is 1. The fraction of sp³-hybridized carbons (Fsp3) is 0.231. The van der Waals surface area contributed by atoms with Crippen molar-refractivity contribution < 1.29 is 14.7 Å². The van der Waals surface area contributed by atoms with Crippen LogP contribution in [-0.4, -0.2) is 28.0 Å². The summed E-state index contributed by atoms with van der Waals surface area (Å²) in [5.41, 5.74) is 2.12. The van der Waals surface area contributed by atoms with Gasteiger partial charge in [0.2, 0.25) is 0 Å². The van der Waals surface area contributed by atoms with Crippen molar-refractivity contribution in [2.75, 3.05) is 0 Å². The van der Waals surface area contributed by atoms with Gasteiger partial charge in [0.15, 0.2) is 0 Å². The highest BCUT2D eigenvalue weighted by atomic mass is 16.4. The molecule has 1 aliphatic rings. The first kappa shape index (κ1) is 12.2. The van der Waals surface area contributed by atoms with Crippen LogP contribution in [0.5, 0.6) is 0 Å². The quantitative estimate of drug-likeness (QED) is 0.833. The number of nitrogens with zero attached hydrogens (tertiary/aromatic N) is 1. The molecule has 0 unspecified atom stereocenters. The van der Waals surface area contributed by atoms with Gasteiger partial charge in [-0.2, -0.15) is 0 Å². The van der Waals surface area contributed by atoms with Crippen molar-refractivity contribution in [2.24, 2.45) is 0 Å². The molecule has 0 aliphatic carbocycles. The van der Waals surface area contributed by atoms with Gasteiger partial charge in [0.25, 0.3) is 0 Å². The summed E-state index contributed by atoms with van der Waals surface area (Å²) in [5.74, 6) is -1.05. The Bertz CT molecular complexity index is 511. The molecule has 0 aromatic heterocycles. The molecule has 1 atom stereocenters. The number of benzene rings is 1. The largest absolute Gasteiger partial charge is 0.480 e. The maximum absolute atomic E-state index is 11.8. The molecule has 1 aromatic carbocycles. The first-order valence-corrected chi connectivity index (χ1v) is 5.64. The second kappa shape index (κ2) is 4.91. The van der Waals surface area contributed by atoms with E-state index in [0.29, 0.717) is 6.54 Å². The lowest BCUT2D eigenvalue weighted by atomic mass is 10.0. The van der Waals surface area contributed by atoms with Crippen LogP contribution >= 0.6 is 0 Å². The van der Waals surface area contributed by atoms with Crippen molar-refractivity contribution >= 4 is 18.1 Å². The van der Waals surface area contributed by atoms with Crippen LogP contribution in [0.4, 0.5) is 4.79 Å². The lowest BCUT2D eigenvalue weighted by molar-refractivity contribution is -0.138. The van der Waals surface area contributed by atoms with Gasteiger partial charge >= 0.3 is 12.0 Å². The Morgan fingerprint density at radius 1 is 1.39 bits per heavy atom. The number of rotatable bonds is 2. The Kier molecular flexibility index (Phi) is 3.32. The molecule has 0 saturated heterocycles. The highest BCUT2D eigenvalue weighted by Crippen LogP contribution is 2.19. The SMILES string of the molecule is C[C@H](NC(=O)N1C=Cc2ccccc2C1)C(=O)O. The maximum atomic E-state index is 11.8. The highest BCUT2D eigenvalue weighted by molar-refractivity contribution is 5.83. The Labute approximate surface area is 105 Å². The fourth-order valence-electron chi connectivity index (χ4n) is 1.72. The van der Waals surface area contributed by atoms with Gasteiger partial charge in [-0.15, -0.1) is 0 Å². The van der Waals surface area contributed by atoms with E-state index in [1.807, 2.05) is 30.3 Å². The first-order chi connectivity index (χ1) is 8.58. The van der Waals surface area contributed by atoms with E-state index in [-0.39, 0.29) is 0 Å². The molecule has 0 spiro atoms. The van der Waals surface area contributed by atoms with Crippen LogP contribution in [0.15, 0.2) is 30.5 Å². The van der Waals surface area contributed by atoms with Crippen molar-refractivity contribution in [3.63, 3.8) is 0 Å². The molecule has 18 heavy (non-hydrogen) atoms. The van der Waals surface area contributed by atoms with Crippen LogP contribution in [0, 0.1) is 0 Å². The molecule has 1 aromatic rings. The second-order valence-corrected chi connectivity index (χ2v) is 4.15. The lowest BCUT2D eigenvalue weighted by Gasteiger charge is -2.24. The third-order valence-corrected chi connectivity index (χ3v) is 2.80. The number of fused-ring (bicyclic) bond motifs is 1. The topological polar surface area (TPSA) is 69.6 Å². The third-order valence-electron chi connectivity index (χ3n) is 2.80. The zero-order valence-corrected chi connectivity index (χ0v) is 9.96. The van der Waals surface area contributed by atoms with Gasteiger partial charge in [-0.1, -0.05) is 24.3 Å². The summed E-state index contributed by atoms with van der Waals surface area (Å²) in [4.78, 5) is 23.9. The number of amides is 2. The molecule has 94 valence electrons. The van der Waals surface area contributed by atoms with E-state index in [2.05, 4.69) is 5.32 Å². The van der Waals surface area contributed by atoms with E-state index in [1.54, 1.807) is 6.20 Å². The van der Waals surface area contributed by atoms with Gasteiger partial charge in [-0.25, -0.2) is 4.79 Å². The predicted molar refractivity (Wildman–Crippen MR) is 66.6 cm³/mol. The molecule has 5 nitrogen and oxygen atoms in total. The Morgan fingerprint density at radius 2 is 2.11 bits per heavy atom. The number of hydrogen-bond acceptors (Lipinski definition) is 2. The summed E-state index contributed by atoms with van der Waals surface area (Å²) < 4.78 is 0. The van der Waals surface area contributed by atoms with Crippen molar-refractivity contribution in [3.05, 3.63) is 41.6 Å². The van der Waals surface area contributed by atoms with Gasteiger partial charge in [0, 0.05) is 6.20 Å².